The van der Waals surface area contributed by atoms with Crippen LogP contribution in [-0.2, 0) is 6.54 Å². The number of nitrogens with zero attached hydrogens (tertiary/aromatic N) is 2. The van der Waals surface area contributed by atoms with Crippen molar-refractivity contribution in [3.8, 4) is 0 Å². The molecule has 106 valence electrons. The number of aromatic nitrogens is 1. The quantitative estimate of drug-likeness (QED) is 0.903. The van der Waals surface area contributed by atoms with E-state index < -0.39 is 0 Å². The Morgan fingerprint density at radius 2 is 2.21 bits per heavy atom. The molecule has 1 aromatic rings. The molecule has 0 bridgehead atoms. The van der Waals surface area contributed by atoms with Gasteiger partial charge in [0.05, 0.1) is 0 Å². The normalized spacial score (nSPS) is 20.0. The van der Waals surface area contributed by atoms with Crippen LogP contribution in [0.2, 0.25) is 0 Å². The number of hydrogen-bond acceptors (Lipinski definition) is 3. The largest absolute Gasteiger partial charge is 0.371 e. The minimum atomic E-state index is 0.406. The predicted molar refractivity (Wildman–Crippen MR) is 81.4 cm³/mol. The molecule has 0 radical (unpaired) electrons. The van der Waals surface area contributed by atoms with Crippen LogP contribution in [0.15, 0.2) is 18.5 Å². The Bertz CT molecular complexity index is 409. The van der Waals surface area contributed by atoms with Crippen molar-refractivity contribution in [3.05, 3.63) is 24.0 Å². The molecule has 1 N–H and O–H groups in total. The molecule has 1 saturated heterocycles. The van der Waals surface area contributed by atoms with E-state index in [1.165, 1.54) is 30.8 Å². The zero-order chi connectivity index (χ0) is 13.9. The van der Waals surface area contributed by atoms with Crippen LogP contribution in [0.5, 0.6) is 0 Å². The van der Waals surface area contributed by atoms with Gasteiger partial charge in [-0.05, 0) is 30.4 Å². The Labute approximate surface area is 117 Å². The SMILES string of the molecule is CCNCc1cnccc1N1CCC(C(C)(C)C)C1. The summed E-state index contributed by atoms with van der Waals surface area (Å²) in [7, 11) is 0. The van der Waals surface area contributed by atoms with Gasteiger partial charge in [0.2, 0.25) is 0 Å². The number of anilines is 1. The molecular weight excluding hydrogens is 234 g/mol. The number of hydrogen-bond donors (Lipinski definition) is 1. The highest BCUT2D eigenvalue weighted by molar-refractivity contribution is 5.53. The van der Waals surface area contributed by atoms with Gasteiger partial charge in [-0.25, -0.2) is 0 Å². The fourth-order valence-corrected chi connectivity index (χ4v) is 2.81. The first-order valence-electron chi connectivity index (χ1n) is 7.41. The Kier molecular flexibility index (Phi) is 4.46. The Hall–Kier alpha value is -1.09. The molecule has 19 heavy (non-hydrogen) atoms. The molecule has 1 fully saturated rings. The lowest BCUT2D eigenvalue weighted by atomic mass is 9.80. The molecular formula is C16H27N3. The zero-order valence-corrected chi connectivity index (χ0v) is 12.7. The van der Waals surface area contributed by atoms with E-state index in [1.54, 1.807) is 0 Å². The number of rotatable bonds is 4. The molecule has 2 heterocycles. The van der Waals surface area contributed by atoms with Crippen LogP contribution >= 0.6 is 0 Å². The monoisotopic (exact) mass is 261 g/mol. The summed E-state index contributed by atoms with van der Waals surface area (Å²) >= 11 is 0. The molecule has 0 aromatic carbocycles. The van der Waals surface area contributed by atoms with Crippen LogP contribution in [0.1, 0.15) is 39.7 Å². The summed E-state index contributed by atoms with van der Waals surface area (Å²) in [5.74, 6) is 0.785. The van der Waals surface area contributed by atoms with Crippen molar-refractivity contribution < 1.29 is 0 Å². The highest BCUT2D eigenvalue weighted by Gasteiger charge is 2.32. The highest BCUT2D eigenvalue weighted by atomic mass is 15.2. The molecule has 2 rings (SSSR count). The topological polar surface area (TPSA) is 28.2 Å². The molecule has 0 aliphatic carbocycles. The van der Waals surface area contributed by atoms with Gasteiger partial charge in [-0.15, -0.1) is 0 Å². The van der Waals surface area contributed by atoms with E-state index in [0.717, 1.165) is 19.0 Å². The Balaban J connectivity index is 2.10. The highest BCUT2D eigenvalue weighted by Crippen LogP contribution is 2.36. The average molecular weight is 261 g/mol. The van der Waals surface area contributed by atoms with Gasteiger partial charge in [0.25, 0.3) is 0 Å². The molecule has 1 aromatic heterocycles. The maximum Gasteiger partial charge on any atom is 0.0442 e. The summed E-state index contributed by atoms with van der Waals surface area (Å²) in [6.07, 6.45) is 5.21. The first-order valence-corrected chi connectivity index (χ1v) is 7.41. The lowest BCUT2D eigenvalue weighted by Gasteiger charge is -2.28. The third-order valence-electron chi connectivity index (χ3n) is 4.20. The van der Waals surface area contributed by atoms with Crippen LogP contribution in [0.25, 0.3) is 0 Å². The molecule has 1 atom stereocenters. The minimum Gasteiger partial charge on any atom is -0.371 e. The average Bonchev–Trinajstić information content (AvgIpc) is 2.86. The summed E-state index contributed by atoms with van der Waals surface area (Å²) in [6, 6.07) is 2.16. The lowest BCUT2D eigenvalue weighted by molar-refractivity contribution is 0.263. The van der Waals surface area contributed by atoms with Crippen molar-refractivity contribution >= 4 is 5.69 Å². The maximum atomic E-state index is 4.27. The molecule has 3 nitrogen and oxygen atoms in total. The summed E-state index contributed by atoms with van der Waals surface area (Å²) < 4.78 is 0. The molecule has 0 saturated carbocycles. The van der Waals surface area contributed by atoms with E-state index in [-0.39, 0.29) is 0 Å². The van der Waals surface area contributed by atoms with E-state index in [2.05, 4.69) is 49.0 Å². The molecule has 1 unspecified atom stereocenters. The van der Waals surface area contributed by atoms with Crippen molar-refractivity contribution in [2.75, 3.05) is 24.5 Å². The van der Waals surface area contributed by atoms with Gasteiger partial charge in [-0.2, -0.15) is 0 Å². The van der Waals surface area contributed by atoms with Gasteiger partial charge < -0.3 is 10.2 Å². The molecule has 0 amide bonds. The summed E-state index contributed by atoms with van der Waals surface area (Å²) in [6.45, 7) is 13.5. The fraction of sp³-hybridized carbons (Fsp3) is 0.688. The Morgan fingerprint density at radius 3 is 2.84 bits per heavy atom. The van der Waals surface area contributed by atoms with Crippen LogP contribution in [0.4, 0.5) is 5.69 Å². The van der Waals surface area contributed by atoms with Crippen molar-refractivity contribution in [1.29, 1.82) is 0 Å². The Morgan fingerprint density at radius 1 is 1.42 bits per heavy atom. The second kappa shape index (κ2) is 5.91. The van der Waals surface area contributed by atoms with Crippen LogP contribution in [0, 0.1) is 11.3 Å². The first-order chi connectivity index (χ1) is 9.02. The number of nitrogens with one attached hydrogen (secondary N) is 1. The molecule has 3 heteroatoms. The fourth-order valence-electron chi connectivity index (χ4n) is 2.81. The van der Waals surface area contributed by atoms with Crippen molar-refractivity contribution in [2.24, 2.45) is 11.3 Å². The van der Waals surface area contributed by atoms with E-state index in [4.69, 9.17) is 0 Å². The lowest BCUT2D eigenvalue weighted by Crippen LogP contribution is -2.27. The second-order valence-electron chi connectivity index (χ2n) is 6.58. The van der Waals surface area contributed by atoms with E-state index in [9.17, 15) is 0 Å². The van der Waals surface area contributed by atoms with Gasteiger partial charge in [-0.3, -0.25) is 4.98 Å². The van der Waals surface area contributed by atoms with Gasteiger partial charge in [-0.1, -0.05) is 27.7 Å². The van der Waals surface area contributed by atoms with Crippen LogP contribution < -0.4 is 10.2 Å². The van der Waals surface area contributed by atoms with Crippen molar-refractivity contribution in [1.82, 2.24) is 10.3 Å². The van der Waals surface area contributed by atoms with Gasteiger partial charge >= 0.3 is 0 Å². The standard InChI is InChI=1S/C16H27N3/c1-5-17-10-13-11-18-8-6-15(13)19-9-7-14(12-19)16(2,3)4/h6,8,11,14,17H,5,7,9-10,12H2,1-4H3. The zero-order valence-electron chi connectivity index (χ0n) is 12.7. The van der Waals surface area contributed by atoms with Crippen molar-refractivity contribution in [2.45, 2.75) is 40.7 Å². The van der Waals surface area contributed by atoms with Gasteiger partial charge in [0.1, 0.15) is 0 Å². The smallest absolute Gasteiger partial charge is 0.0442 e. The first kappa shape index (κ1) is 14.3. The summed E-state index contributed by atoms with van der Waals surface area (Å²) in [5.41, 5.74) is 3.09. The predicted octanol–water partition coefficient (Wildman–Crippen LogP) is 3.06. The molecule has 1 aliphatic heterocycles. The van der Waals surface area contributed by atoms with Crippen LogP contribution in [-0.4, -0.2) is 24.6 Å². The van der Waals surface area contributed by atoms with Crippen molar-refractivity contribution in [3.63, 3.8) is 0 Å². The maximum absolute atomic E-state index is 4.27. The summed E-state index contributed by atoms with van der Waals surface area (Å²) in [4.78, 5) is 6.80. The van der Waals surface area contributed by atoms with E-state index >= 15 is 0 Å². The molecule has 1 aliphatic rings. The van der Waals surface area contributed by atoms with Crippen LogP contribution in [0.3, 0.4) is 0 Å². The van der Waals surface area contributed by atoms with Gasteiger partial charge in [0, 0.05) is 43.3 Å². The van der Waals surface area contributed by atoms with Gasteiger partial charge in [0.15, 0.2) is 0 Å². The van der Waals surface area contributed by atoms with E-state index in [0.29, 0.717) is 5.41 Å². The second-order valence-corrected chi connectivity index (χ2v) is 6.58. The number of pyridine rings is 1. The summed E-state index contributed by atoms with van der Waals surface area (Å²) in [5, 5.41) is 3.40. The third kappa shape index (κ3) is 3.47. The molecule has 0 spiro atoms. The van der Waals surface area contributed by atoms with E-state index in [1.807, 2.05) is 12.4 Å². The minimum absolute atomic E-state index is 0.406. The third-order valence-corrected chi connectivity index (χ3v) is 4.20.